The first-order valence-electron chi connectivity index (χ1n) is 5.37. The molecule has 1 aromatic carbocycles. The summed E-state index contributed by atoms with van der Waals surface area (Å²) in [5.41, 5.74) is 2.87. The Kier molecular flexibility index (Phi) is 3.43. The number of aryl methyl sites for hydroxylation is 1. The van der Waals surface area contributed by atoms with Crippen LogP contribution in [0.5, 0.6) is 0 Å². The first kappa shape index (κ1) is 12.0. The molecule has 0 bridgehead atoms. The lowest BCUT2D eigenvalue weighted by molar-refractivity contribution is -0.116. The van der Waals surface area contributed by atoms with Crippen LogP contribution in [0.15, 0.2) is 34.9 Å². The molecule has 0 aliphatic carbocycles. The van der Waals surface area contributed by atoms with Crippen molar-refractivity contribution in [2.45, 2.75) is 20.3 Å². The number of nitrogens with zero attached hydrogens (tertiary/aromatic N) is 2. The van der Waals surface area contributed by atoms with Gasteiger partial charge in [0.25, 0.3) is 0 Å². The van der Waals surface area contributed by atoms with Gasteiger partial charge < -0.3 is 0 Å². The molecule has 0 unspecified atom stereocenters. The summed E-state index contributed by atoms with van der Waals surface area (Å²) >= 11 is 3.43. The van der Waals surface area contributed by atoms with Crippen molar-refractivity contribution in [1.29, 1.82) is 0 Å². The minimum Gasteiger partial charge on any atom is -0.300 e. The molecule has 0 saturated carbocycles. The molecule has 0 amide bonds. The highest BCUT2D eigenvalue weighted by Gasteiger charge is 2.08. The van der Waals surface area contributed by atoms with Gasteiger partial charge in [0.15, 0.2) is 0 Å². The van der Waals surface area contributed by atoms with Crippen LogP contribution in [0.4, 0.5) is 0 Å². The molecule has 0 aliphatic heterocycles. The van der Waals surface area contributed by atoms with Crippen LogP contribution >= 0.6 is 15.9 Å². The number of aromatic nitrogens is 2. The van der Waals surface area contributed by atoms with Crippen molar-refractivity contribution in [1.82, 2.24) is 9.78 Å². The number of hydrogen-bond acceptors (Lipinski definition) is 2. The molecular formula is C13H13BrN2O. The Morgan fingerprint density at radius 2 is 2.24 bits per heavy atom. The Morgan fingerprint density at radius 1 is 1.47 bits per heavy atom. The molecule has 0 saturated heterocycles. The quantitative estimate of drug-likeness (QED) is 0.871. The molecule has 4 heteroatoms. The minimum absolute atomic E-state index is 0.155. The summed E-state index contributed by atoms with van der Waals surface area (Å²) in [6.07, 6.45) is 2.36. The Morgan fingerprint density at radius 3 is 2.88 bits per heavy atom. The Labute approximate surface area is 109 Å². The van der Waals surface area contributed by atoms with E-state index in [1.54, 1.807) is 11.6 Å². The fraction of sp³-hybridized carbons (Fsp3) is 0.231. The Balaban J connectivity index is 2.37. The number of benzene rings is 1. The molecule has 0 radical (unpaired) electrons. The van der Waals surface area contributed by atoms with Crippen molar-refractivity contribution < 1.29 is 4.79 Å². The van der Waals surface area contributed by atoms with Crippen LogP contribution < -0.4 is 0 Å². The Hall–Kier alpha value is -1.42. The fourth-order valence-electron chi connectivity index (χ4n) is 1.69. The van der Waals surface area contributed by atoms with E-state index in [-0.39, 0.29) is 5.78 Å². The maximum atomic E-state index is 11.1. The molecular weight excluding hydrogens is 280 g/mol. The number of ketones is 1. The second-order valence-electron chi connectivity index (χ2n) is 4.04. The molecule has 0 aliphatic rings. The second kappa shape index (κ2) is 4.84. The monoisotopic (exact) mass is 292 g/mol. The van der Waals surface area contributed by atoms with Gasteiger partial charge in [0.05, 0.1) is 11.4 Å². The second-order valence-corrected chi connectivity index (χ2v) is 4.96. The molecule has 1 aromatic heterocycles. The van der Waals surface area contributed by atoms with Gasteiger partial charge in [0.1, 0.15) is 5.78 Å². The molecule has 2 aromatic rings. The van der Waals surface area contributed by atoms with Crippen molar-refractivity contribution in [2.24, 2.45) is 0 Å². The van der Waals surface area contributed by atoms with Crippen molar-refractivity contribution in [3.63, 3.8) is 0 Å². The average Bonchev–Trinajstić information content (AvgIpc) is 2.59. The zero-order chi connectivity index (χ0) is 12.4. The fourth-order valence-corrected chi connectivity index (χ4v) is 2.08. The number of carbonyl (C=O) groups is 1. The summed E-state index contributed by atoms with van der Waals surface area (Å²) < 4.78 is 2.81. The maximum absolute atomic E-state index is 11.1. The zero-order valence-electron chi connectivity index (χ0n) is 9.77. The van der Waals surface area contributed by atoms with E-state index in [2.05, 4.69) is 21.0 Å². The number of Topliss-reactive ketones (excluding diaryl/α,β-unsaturated/α-hetero) is 1. The summed E-state index contributed by atoms with van der Waals surface area (Å²) in [4.78, 5) is 11.1. The van der Waals surface area contributed by atoms with Crippen molar-refractivity contribution >= 4 is 21.7 Å². The van der Waals surface area contributed by atoms with E-state index in [9.17, 15) is 4.79 Å². The van der Waals surface area contributed by atoms with Crippen molar-refractivity contribution in [3.8, 4) is 5.69 Å². The minimum atomic E-state index is 0.155. The third-order valence-corrected chi connectivity index (χ3v) is 3.01. The van der Waals surface area contributed by atoms with Crippen LogP contribution in [0.1, 0.15) is 18.2 Å². The molecule has 3 nitrogen and oxygen atoms in total. The van der Waals surface area contributed by atoms with Gasteiger partial charge in [-0.1, -0.05) is 22.0 Å². The van der Waals surface area contributed by atoms with Gasteiger partial charge in [-0.2, -0.15) is 5.10 Å². The molecule has 0 spiro atoms. The van der Waals surface area contributed by atoms with Crippen LogP contribution in [0, 0.1) is 6.92 Å². The van der Waals surface area contributed by atoms with E-state index < -0.39 is 0 Å². The first-order valence-corrected chi connectivity index (χ1v) is 6.16. The highest BCUT2D eigenvalue weighted by Crippen LogP contribution is 2.17. The van der Waals surface area contributed by atoms with Gasteiger partial charge >= 0.3 is 0 Å². The van der Waals surface area contributed by atoms with Crippen LogP contribution in [0.3, 0.4) is 0 Å². The molecule has 2 rings (SSSR count). The lowest BCUT2D eigenvalue weighted by atomic mass is 10.1. The molecule has 88 valence electrons. The lowest BCUT2D eigenvalue weighted by Gasteiger charge is -2.00. The predicted molar refractivity (Wildman–Crippen MR) is 70.4 cm³/mol. The highest BCUT2D eigenvalue weighted by atomic mass is 79.9. The van der Waals surface area contributed by atoms with Gasteiger partial charge in [0.2, 0.25) is 0 Å². The number of rotatable bonds is 3. The molecule has 17 heavy (non-hydrogen) atoms. The van der Waals surface area contributed by atoms with E-state index in [1.165, 1.54) is 0 Å². The first-order chi connectivity index (χ1) is 8.06. The summed E-state index contributed by atoms with van der Waals surface area (Å²) in [5.74, 6) is 0.155. The van der Waals surface area contributed by atoms with Crippen LogP contribution in [-0.4, -0.2) is 15.6 Å². The van der Waals surface area contributed by atoms with Crippen LogP contribution in [0.25, 0.3) is 5.69 Å². The number of hydrogen-bond donors (Lipinski definition) is 0. The molecule has 0 atom stereocenters. The average molecular weight is 293 g/mol. The van der Waals surface area contributed by atoms with Crippen LogP contribution in [-0.2, 0) is 11.2 Å². The molecule has 0 N–H and O–H groups in total. The van der Waals surface area contributed by atoms with Gasteiger partial charge in [-0.3, -0.25) is 4.79 Å². The summed E-state index contributed by atoms with van der Waals surface area (Å²) in [5, 5.41) is 4.42. The smallest absolute Gasteiger partial charge is 0.134 e. The molecule has 0 fully saturated rings. The number of carbonyl (C=O) groups excluding carboxylic acids is 1. The van der Waals surface area contributed by atoms with E-state index in [1.807, 2.05) is 37.4 Å². The zero-order valence-corrected chi connectivity index (χ0v) is 11.4. The predicted octanol–water partition coefficient (Wildman–Crippen LogP) is 3.07. The van der Waals surface area contributed by atoms with E-state index in [4.69, 9.17) is 0 Å². The lowest BCUT2D eigenvalue weighted by Crippen LogP contribution is -1.96. The van der Waals surface area contributed by atoms with Gasteiger partial charge in [-0.05, 0) is 32.0 Å². The van der Waals surface area contributed by atoms with Crippen molar-refractivity contribution in [2.75, 3.05) is 0 Å². The van der Waals surface area contributed by atoms with Crippen LogP contribution in [0.2, 0.25) is 0 Å². The van der Waals surface area contributed by atoms with E-state index in [0.29, 0.717) is 6.42 Å². The van der Waals surface area contributed by atoms with E-state index in [0.717, 1.165) is 21.4 Å². The van der Waals surface area contributed by atoms with Gasteiger partial charge in [-0.25, -0.2) is 4.68 Å². The van der Waals surface area contributed by atoms with E-state index >= 15 is 0 Å². The third-order valence-electron chi connectivity index (χ3n) is 2.51. The van der Waals surface area contributed by atoms with Crippen molar-refractivity contribution in [3.05, 3.63) is 46.2 Å². The SMILES string of the molecule is CC(=O)Cc1cn(-c2cccc(Br)c2)nc1C. The third kappa shape index (κ3) is 2.82. The standard InChI is InChI=1S/C13H13BrN2O/c1-9(17)6-11-8-16(15-10(11)2)13-5-3-4-12(14)7-13/h3-5,7-8H,6H2,1-2H3. The topological polar surface area (TPSA) is 34.9 Å². The Bertz CT molecular complexity index is 560. The van der Waals surface area contributed by atoms with Gasteiger partial charge in [-0.15, -0.1) is 0 Å². The molecule has 1 heterocycles. The summed E-state index contributed by atoms with van der Waals surface area (Å²) in [7, 11) is 0. The highest BCUT2D eigenvalue weighted by molar-refractivity contribution is 9.10. The largest absolute Gasteiger partial charge is 0.300 e. The normalized spacial score (nSPS) is 10.5. The summed E-state index contributed by atoms with van der Waals surface area (Å²) in [6.45, 7) is 3.52. The number of halogens is 1. The maximum Gasteiger partial charge on any atom is 0.134 e. The van der Waals surface area contributed by atoms with Gasteiger partial charge in [0, 0.05) is 22.7 Å². The summed E-state index contributed by atoms with van der Waals surface area (Å²) in [6, 6.07) is 7.90.